The van der Waals surface area contributed by atoms with Gasteiger partial charge in [-0.05, 0) is 18.2 Å². The first-order valence-corrected chi connectivity index (χ1v) is 7.80. The van der Waals surface area contributed by atoms with Crippen molar-refractivity contribution in [3.05, 3.63) is 40.0 Å². The number of hydrogen-bond donors (Lipinski definition) is 0. The van der Waals surface area contributed by atoms with E-state index >= 15 is 0 Å². The summed E-state index contributed by atoms with van der Waals surface area (Å²) in [5.74, 6) is 0.435. The van der Waals surface area contributed by atoms with Gasteiger partial charge in [0.1, 0.15) is 12.3 Å². The van der Waals surface area contributed by atoms with Crippen molar-refractivity contribution in [1.82, 2.24) is 13.6 Å². The highest BCUT2D eigenvalue weighted by Crippen LogP contribution is 2.24. The molecular formula is C13H11Cl2N3O2S. The van der Waals surface area contributed by atoms with Gasteiger partial charge in [-0.3, -0.25) is 4.79 Å². The van der Waals surface area contributed by atoms with E-state index < -0.39 is 0 Å². The minimum Gasteiger partial charge on any atom is -0.471 e. The Morgan fingerprint density at radius 3 is 2.95 bits per heavy atom. The third kappa shape index (κ3) is 3.28. The highest BCUT2D eigenvalue weighted by Gasteiger charge is 2.28. The van der Waals surface area contributed by atoms with Crippen molar-refractivity contribution >= 4 is 40.8 Å². The van der Waals surface area contributed by atoms with Crippen LogP contribution in [0.25, 0.3) is 0 Å². The van der Waals surface area contributed by atoms with Gasteiger partial charge in [-0.1, -0.05) is 23.2 Å². The van der Waals surface area contributed by atoms with Crippen LogP contribution in [0.4, 0.5) is 0 Å². The SMILES string of the molecule is O=C(c1ccc(Cl)c(Cl)c1)N1CCC(Oc2cnsn2)C1. The van der Waals surface area contributed by atoms with Gasteiger partial charge in [0.25, 0.3) is 5.91 Å². The quantitative estimate of drug-likeness (QED) is 0.858. The largest absolute Gasteiger partial charge is 0.471 e. The summed E-state index contributed by atoms with van der Waals surface area (Å²) in [7, 11) is 0. The Bertz CT molecular complexity index is 651. The maximum absolute atomic E-state index is 12.4. The van der Waals surface area contributed by atoms with Crippen LogP contribution >= 0.6 is 34.9 Å². The molecule has 1 aliphatic heterocycles. The van der Waals surface area contributed by atoms with Crippen molar-refractivity contribution in [2.45, 2.75) is 12.5 Å². The molecule has 110 valence electrons. The Morgan fingerprint density at radius 1 is 1.38 bits per heavy atom. The van der Waals surface area contributed by atoms with E-state index in [1.54, 1.807) is 29.3 Å². The van der Waals surface area contributed by atoms with Crippen molar-refractivity contribution < 1.29 is 9.53 Å². The molecule has 1 atom stereocenters. The van der Waals surface area contributed by atoms with Crippen LogP contribution in [0.2, 0.25) is 10.0 Å². The molecule has 0 spiro atoms. The van der Waals surface area contributed by atoms with Gasteiger partial charge >= 0.3 is 0 Å². The molecule has 5 nitrogen and oxygen atoms in total. The molecule has 1 amide bonds. The Kier molecular flexibility index (Phi) is 4.28. The van der Waals surface area contributed by atoms with Gasteiger partial charge in [0.15, 0.2) is 0 Å². The van der Waals surface area contributed by atoms with E-state index in [2.05, 4.69) is 8.75 Å². The summed E-state index contributed by atoms with van der Waals surface area (Å²) in [6, 6.07) is 4.89. The number of nitrogens with zero attached hydrogens (tertiary/aromatic N) is 3. The molecular weight excluding hydrogens is 333 g/mol. The van der Waals surface area contributed by atoms with Crippen molar-refractivity contribution in [1.29, 1.82) is 0 Å². The van der Waals surface area contributed by atoms with Crippen LogP contribution in [0.1, 0.15) is 16.8 Å². The molecule has 2 heterocycles. The third-order valence-electron chi connectivity index (χ3n) is 3.23. The number of carbonyl (C=O) groups is 1. The summed E-state index contributed by atoms with van der Waals surface area (Å²) in [5, 5.41) is 0.815. The zero-order valence-electron chi connectivity index (χ0n) is 10.8. The lowest BCUT2D eigenvalue weighted by atomic mass is 10.2. The van der Waals surface area contributed by atoms with Gasteiger partial charge in [-0.25, -0.2) is 0 Å². The fourth-order valence-corrected chi connectivity index (χ4v) is 2.85. The monoisotopic (exact) mass is 343 g/mol. The van der Waals surface area contributed by atoms with E-state index in [1.165, 1.54) is 0 Å². The van der Waals surface area contributed by atoms with Crippen LogP contribution in [-0.2, 0) is 0 Å². The molecule has 1 saturated heterocycles. The van der Waals surface area contributed by atoms with E-state index in [-0.39, 0.29) is 12.0 Å². The fourth-order valence-electron chi connectivity index (χ4n) is 2.20. The van der Waals surface area contributed by atoms with Gasteiger partial charge in [0.2, 0.25) is 5.88 Å². The van der Waals surface area contributed by atoms with Crippen molar-refractivity contribution in [2.24, 2.45) is 0 Å². The number of hydrogen-bond acceptors (Lipinski definition) is 5. The minimum absolute atomic E-state index is 0.0550. The fraction of sp³-hybridized carbons (Fsp3) is 0.308. The van der Waals surface area contributed by atoms with E-state index in [4.69, 9.17) is 27.9 Å². The number of benzene rings is 1. The molecule has 0 bridgehead atoms. The van der Waals surface area contributed by atoms with Gasteiger partial charge in [0.05, 0.1) is 28.3 Å². The van der Waals surface area contributed by atoms with Gasteiger partial charge < -0.3 is 9.64 Å². The van der Waals surface area contributed by atoms with Gasteiger partial charge in [0, 0.05) is 18.5 Å². The maximum atomic E-state index is 12.4. The molecule has 0 aliphatic carbocycles. The van der Waals surface area contributed by atoms with Crippen LogP contribution in [-0.4, -0.2) is 38.7 Å². The summed E-state index contributed by atoms with van der Waals surface area (Å²) in [4.78, 5) is 14.1. The molecule has 1 aromatic carbocycles. The van der Waals surface area contributed by atoms with Crippen molar-refractivity contribution in [3.63, 3.8) is 0 Å². The van der Waals surface area contributed by atoms with Crippen LogP contribution < -0.4 is 4.74 Å². The number of amides is 1. The normalized spacial score (nSPS) is 18.0. The summed E-state index contributed by atoms with van der Waals surface area (Å²) in [6.07, 6.45) is 2.29. The molecule has 1 aliphatic rings. The molecule has 1 fully saturated rings. The summed E-state index contributed by atoms with van der Waals surface area (Å²) in [6.45, 7) is 1.16. The summed E-state index contributed by atoms with van der Waals surface area (Å²) >= 11 is 12.9. The number of ether oxygens (including phenoxy) is 1. The lowest BCUT2D eigenvalue weighted by molar-refractivity contribution is 0.0771. The first-order valence-electron chi connectivity index (χ1n) is 6.32. The second-order valence-electron chi connectivity index (χ2n) is 4.65. The molecule has 0 N–H and O–H groups in total. The third-order valence-corrected chi connectivity index (χ3v) is 4.43. The van der Waals surface area contributed by atoms with Crippen molar-refractivity contribution in [2.75, 3.05) is 13.1 Å². The molecule has 3 rings (SSSR count). The second-order valence-corrected chi connectivity index (χ2v) is 6.03. The Labute approximate surface area is 135 Å². The highest BCUT2D eigenvalue weighted by molar-refractivity contribution is 6.99. The smallest absolute Gasteiger partial charge is 0.254 e. The van der Waals surface area contributed by atoms with Crippen LogP contribution in [0.3, 0.4) is 0 Å². The average molecular weight is 344 g/mol. The predicted molar refractivity (Wildman–Crippen MR) is 81.3 cm³/mol. The Balaban J connectivity index is 1.65. The van der Waals surface area contributed by atoms with Gasteiger partial charge in [-0.2, -0.15) is 4.37 Å². The molecule has 1 aromatic heterocycles. The van der Waals surface area contributed by atoms with Crippen LogP contribution in [0.15, 0.2) is 24.4 Å². The summed E-state index contributed by atoms with van der Waals surface area (Å²) < 4.78 is 13.6. The van der Waals surface area contributed by atoms with E-state index in [0.717, 1.165) is 18.1 Å². The molecule has 0 saturated carbocycles. The molecule has 8 heteroatoms. The molecule has 1 unspecified atom stereocenters. The van der Waals surface area contributed by atoms with Crippen LogP contribution in [0.5, 0.6) is 5.88 Å². The minimum atomic E-state index is -0.0731. The molecule has 0 radical (unpaired) electrons. The van der Waals surface area contributed by atoms with E-state index in [0.29, 0.717) is 34.6 Å². The Morgan fingerprint density at radius 2 is 2.24 bits per heavy atom. The number of aromatic nitrogens is 2. The van der Waals surface area contributed by atoms with E-state index in [1.807, 2.05) is 0 Å². The lowest BCUT2D eigenvalue weighted by Gasteiger charge is -2.16. The highest BCUT2D eigenvalue weighted by atomic mass is 35.5. The van der Waals surface area contributed by atoms with Crippen molar-refractivity contribution in [3.8, 4) is 5.88 Å². The van der Waals surface area contributed by atoms with Gasteiger partial charge in [-0.15, -0.1) is 4.37 Å². The number of likely N-dealkylation sites (tertiary alicyclic amines) is 1. The first-order chi connectivity index (χ1) is 10.1. The van der Waals surface area contributed by atoms with E-state index in [9.17, 15) is 4.79 Å². The topological polar surface area (TPSA) is 55.3 Å². The average Bonchev–Trinajstić information content (AvgIpc) is 3.13. The second kappa shape index (κ2) is 6.17. The predicted octanol–water partition coefficient (Wildman–Crippen LogP) is 3.14. The Hall–Kier alpha value is -1.37. The zero-order chi connectivity index (χ0) is 14.8. The summed E-state index contributed by atoms with van der Waals surface area (Å²) in [5.41, 5.74) is 0.528. The first kappa shape index (κ1) is 14.6. The zero-order valence-corrected chi connectivity index (χ0v) is 13.2. The number of carbonyl (C=O) groups excluding carboxylic acids is 1. The standard InChI is InChI=1S/C13H11Cl2N3O2S/c14-10-2-1-8(5-11(10)15)13(19)18-4-3-9(7-18)20-12-6-16-21-17-12/h1-2,5-6,9H,3-4,7H2. The lowest BCUT2D eigenvalue weighted by Crippen LogP contribution is -2.30. The van der Waals surface area contributed by atoms with Crippen LogP contribution in [0, 0.1) is 0 Å². The maximum Gasteiger partial charge on any atom is 0.254 e. The number of halogens is 2. The number of rotatable bonds is 3. The molecule has 2 aromatic rings. The molecule has 21 heavy (non-hydrogen) atoms.